The van der Waals surface area contributed by atoms with E-state index in [-0.39, 0.29) is 23.2 Å². The Morgan fingerprint density at radius 1 is 1.30 bits per heavy atom. The molecule has 0 aliphatic heterocycles. The van der Waals surface area contributed by atoms with Gasteiger partial charge in [0.05, 0.1) is 0 Å². The Morgan fingerprint density at radius 3 is 2.65 bits per heavy atom. The summed E-state index contributed by atoms with van der Waals surface area (Å²) in [5.41, 5.74) is 0.685. The molecule has 0 saturated heterocycles. The van der Waals surface area contributed by atoms with Crippen LogP contribution in [0, 0.1) is 0 Å². The zero-order chi connectivity index (χ0) is 14.3. The number of aromatic carboxylic acids is 1. The van der Waals surface area contributed by atoms with E-state index < -0.39 is 11.8 Å². The SMILES string of the molecule is O=C(O)c1c(-c2ccc(Br)cc2)oc2c1=CCCC=2F. The maximum Gasteiger partial charge on any atom is 0.340 e. The van der Waals surface area contributed by atoms with Gasteiger partial charge in [0.15, 0.2) is 5.42 Å². The number of benzene rings is 1. The summed E-state index contributed by atoms with van der Waals surface area (Å²) in [7, 11) is 0. The Hall–Kier alpha value is -1.88. The minimum absolute atomic E-state index is 0.0252. The average molecular weight is 337 g/mol. The lowest BCUT2D eigenvalue weighted by Gasteiger charge is -1.99. The van der Waals surface area contributed by atoms with Crippen LogP contribution in [-0.4, -0.2) is 11.1 Å². The van der Waals surface area contributed by atoms with Crippen LogP contribution in [0.4, 0.5) is 4.39 Å². The fourth-order valence-electron chi connectivity index (χ4n) is 2.31. The molecular formula is C15H10BrFO3. The molecule has 1 heterocycles. The molecular weight excluding hydrogens is 327 g/mol. The molecule has 0 saturated carbocycles. The normalized spacial score (nSPS) is 13.8. The van der Waals surface area contributed by atoms with Gasteiger partial charge in [-0.3, -0.25) is 0 Å². The Balaban J connectivity index is 2.35. The highest BCUT2D eigenvalue weighted by Gasteiger charge is 2.22. The van der Waals surface area contributed by atoms with E-state index in [1.807, 2.05) is 0 Å². The van der Waals surface area contributed by atoms with Crippen molar-refractivity contribution < 1.29 is 18.7 Å². The first kappa shape index (κ1) is 13.1. The summed E-state index contributed by atoms with van der Waals surface area (Å²) in [6.07, 6.45) is 2.45. The molecule has 1 aromatic heterocycles. The van der Waals surface area contributed by atoms with Gasteiger partial charge in [-0.05, 0) is 18.6 Å². The molecule has 102 valence electrons. The quantitative estimate of drug-likeness (QED) is 0.916. The monoisotopic (exact) mass is 336 g/mol. The van der Waals surface area contributed by atoms with Crippen LogP contribution < -0.4 is 10.6 Å². The molecule has 2 aromatic rings. The third-order valence-corrected chi connectivity index (χ3v) is 3.75. The summed E-state index contributed by atoms with van der Waals surface area (Å²) in [5, 5.41) is 9.74. The second kappa shape index (κ2) is 4.90. The van der Waals surface area contributed by atoms with Crippen molar-refractivity contribution >= 4 is 33.8 Å². The summed E-state index contributed by atoms with van der Waals surface area (Å²) in [6.45, 7) is 0. The van der Waals surface area contributed by atoms with Crippen LogP contribution in [0.1, 0.15) is 23.2 Å². The molecule has 5 heteroatoms. The van der Waals surface area contributed by atoms with Crippen LogP contribution in [0.5, 0.6) is 0 Å². The molecule has 3 nitrogen and oxygen atoms in total. The van der Waals surface area contributed by atoms with E-state index in [2.05, 4.69) is 15.9 Å². The number of carboxylic acids is 1. The summed E-state index contributed by atoms with van der Waals surface area (Å²) in [6, 6.07) is 7.04. The fraction of sp³-hybridized carbons (Fsp3) is 0.133. The summed E-state index contributed by atoms with van der Waals surface area (Å²) in [4.78, 5) is 11.5. The third-order valence-electron chi connectivity index (χ3n) is 3.22. The van der Waals surface area contributed by atoms with Gasteiger partial charge >= 0.3 is 5.97 Å². The summed E-state index contributed by atoms with van der Waals surface area (Å²) < 4.78 is 20.2. The first-order valence-electron chi connectivity index (χ1n) is 6.09. The van der Waals surface area contributed by atoms with E-state index in [1.54, 1.807) is 30.3 Å². The number of carbonyl (C=O) groups is 1. The van der Waals surface area contributed by atoms with Crippen molar-refractivity contribution in [3.63, 3.8) is 0 Å². The predicted molar refractivity (Wildman–Crippen MR) is 76.3 cm³/mol. The van der Waals surface area contributed by atoms with Crippen LogP contribution in [0.25, 0.3) is 23.2 Å². The Morgan fingerprint density at radius 2 is 2.00 bits per heavy atom. The molecule has 1 N–H and O–H groups in total. The number of furan rings is 1. The summed E-state index contributed by atoms with van der Waals surface area (Å²) in [5.74, 6) is -1.31. The van der Waals surface area contributed by atoms with Crippen LogP contribution in [0.2, 0.25) is 0 Å². The summed E-state index contributed by atoms with van der Waals surface area (Å²) >= 11 is 3.31. The minimum atomic E-state index is -1.11. The molecule has 20 heavy (non-hydrogen) atoms. The number of hydrogen-bond donors (Lipinski definition) is 1. The molecule has 1 aliphatic carbocycles. The zero-order valence-corrected chi connectivity index (χ0v) is 11.9. The average Bonchev–Trinajstić information content (AvgIpc) is 2.80. The molecule has 0 radical (unpaired) electrons. The fourth-order valence-corrected chi connectivity index (χ4v) is 2.58. The lowest BCUT2D eigenvalue weighted by molar-refractivity contribution is 0.0696. The molecule has 3 rings (SSSR count). The van der Waals surface area contributed by atoms with E-state index in [4.69, 9.17) is 4.42 Å². The Labute approximate surface area is 122 Å². The third kappa shape index (κ3) is 2.08. The highest BCUT2D eigenvalue weighted by atomic mass is 79.9. The van der Waals surface area contributed by atoms with Crippen LogP contribution >= 0.6 is 15.9 Å². The largest absolute Gasteiger partial charge is 0.478 e. The van der Waals surface area contributed by atoms with Gasteiger partial charge < -0.3 is 9.52 Å². The molecule has 1 aliphatic rings. The molecule has 0 unspecified atom stereocenters. The molecule has 0 bridgehead atoms. The smallest absolute Gasteiger partial charge is 0.340 e. The Bertz CT molecular complexity index is 803. The van der Waals surface area contributed by atoms with Crippen molar-refractivity contribution in [1.29, 1.82) is 0 Å². The van der Waals surface area contributed by atoms with Gasteiger partial charge in [0, 0.05) is 21.7 Å². The molecule has 0 amide bonds. The van der Waals surface area contributed by atoms with Gasteiger partial charge in [-0.1, -0.05) is 34.1 Å². The second-order valence-electron chi connectivity index (χ2n) is 4.51. The maximum absolute atomic E-state index is 13.8. The van der Waals surface area contributed by atoms with Crippen molar-refractivity contribution in [3.05, 3.63) is 44.9 Å². The predicted octanol–water partition coefficient (Wildman–Crippen LogP) is 3.06. The number of halogens is 2. The van der Waals surface area contributed by atoms with E-state index >= 15 is 0 Å². The number of fused-ring (bicyclic) bond motifs is 1. The van der Waals surface area contributed by atoms with Gasteiger partial charge in [-0.25, -0.2) is 9.18 Å². The zero-order valence-electron chi connectivity index (χ0n) is 10.3. The van der Waals surface area contributed by atoms with Gasteiger partial charge in [-0.15, -0.1) is 0 Å². The van der Waals surface area contributed by atoms with Gasteiger partial charge in [0.25, 0.3) is 0 Å². The molecule has 0 fully saturated rings. The van der Waals surface area contributed by atoms with E-state index in [0.717, 1.165) is 4.47 Å². The standard InChI is InChI=1S/C15H10BrFO3/c16-9-6-4-8(5-7-9)13-12(15(18)19)10-2-1-3-11(17)14(10)20-13/h2,4-7H,1,3H2,(H,18,19). The van der Waals surface area contributed by atoms with Crippen molar-refractivity contribution in [1.82, 2.24) is 0 Å². The molecule has 0 spiro atoms. The molecule has 1 aromatic carbocycles. The first-order chi connectivity index (χ1) is 9.58. The number of hydrogen-bond acceptors (Lipinski definition) is 2. The van der Waals surface area contributed by atoms with Gasteiger partial charge in [0.2, 0.25) is 0 Å². The highest BCUT2D eigenvalue weighted by molar-refractivity contribution is 9.10. The van der Waals surface area contributed by atoms with E-state index in [9.17, 15) is 14.3 Å². The van der Waals surface area contributed by atoms with Crippen LogP contribution in [-0.2, 0) is 0 Å². The van der Waals surface area contributed by atoms with Gasteiger partial charge in [0.1, 0.15) is 17.2 Å². The highest BCUT2D eigenvalue weighted by Crippen LogP contribution is 2.24. The van der Waals surface area contributed by atoms with Crippen molar-refractivity contribution in [3.8, 4) is 11.3 Å². The van der Waals surface area contributed by atoms with Crippen molar-refractivity contribution in [2.75, 3.05) is 0 Å². The topological polar surface area (TPSA) is 50.4 Å². The lowest BCUT2D eigenvalue weighted by Crippen LogP contribution is -2.28. The van der Waals surface area contributed by atoms with Gasteiger partial charge in [-0.2, -0.15) is 0 Å². The number of carboxylic acid groups (broad SMARTS) is 1. The van der Waals surface area contributed by atoms with Crippen LogP contribution in [0.15, 0.2) is 33.2 Å². The maximum atomic E-state index is 13.8. The van der Waals surface area contributed by atoms with Crippen molar-refractivity contribution in [2.24, 2.45) is 0 Å². The van der Waals surface area contributed by atoms with Crippen LogP contribution in [0.3, 0.4) is 0 Å². The number of rotatable bonds is 2. The van der Waals surface area contributed by atoms with Crippen molar-refractivity contribution in [2.45, 2.75) is 12.8 Å². The van der Waals surface area contributed by atoms with E-state index in [0.29, 0.717) is 17.2 Å². The van der Waals surface area contributed by atoms with E-state index in [1.165, 1.54) is 0 Å². The minimum Gasteiger partial charge on any atom is -0.478 e. The Kier molecular flexibility index (Phi) is 3.22. The first-order valence-corrected chi connectivity index (χ1v) is 6.88. The molecule has 0 atom stereocenters. The second-order valence-corrected chi connectivity index (χ2v) is 5.42. The lowest BCUT2D eigenvalue weighted by atomic mass is 10.0.